The molecule has 4 amide bonds. The van der Waals surface area contributed by atoms with Crippen LogP contribution in [0.2, 0.25) is 0 Å². The fourth-order valence-corrected chi connectivity index (χ4v) is 3.69. The minimum atomic E-state index is -0.780. The van der Waals surface area contributed by atoms with E-state index in [0.29, 0.717) is 23.6 Å². The molecule has 3 aromatic carbocycles. The number of ether oxygens (including phenoxy) is 1. The molecular weight excluding hydrogens is 472 g/mol. The van der Waals surface area contributed by atoms with Crippen LogP contribution in [0, 0.1) is 6.92 Å². The summed E-state index contributed by atoms with van der Waals surface area (Å²) in [5.41, 5.74) is 2.63. The van der Waals surface area contributed by atoms with Crippen molar-refractivity contribution in [2.75, 3.05) is 4.90 Å². The number of aryl methyl sites for hydroxylation is 1. The van der Waals surface area contributed by atoms with Crippen molar-refractivity contribution in [2.24, 2.45) is 0 Å². The van der Waals surface area contributed by atoms with Gasteiger partial charge in [-0.3, -0.25) is 14.9 Å². The molecule has 32 heavy (non-hydrogen) atoms. The molecule has 0 bridgehead atoms. The van der Waals surface area contributed by atoms with Crippen molar-refractivity contribution < 1.29 is 19.1 Å². The molecule has 1 aliphatic rings. The summed E-state index contributed by atoms with van der Waals surface area (Å²) in [6.07, 6.45) is 1.44. The topological polar surface area (TPSA) is 75.7 Å². The Labute approximate surface area is 193 Å². The number of benzene rings is 3. The predicted octanol–water partition coefficient (Wildman–Crippen LogP) is 5.00. The normalized spacial score (nSPS) is 15.1. The maximum Gasteiger partial charge on any atom is 0.335 e. The molecule has 0 spiro atoms. The summed E-state index contributed by atoms with van der Waals surface area (Å²) in [5, 5.41) is 2.25. The molecule has 3 aromatic rings. The number of barbiturate groups is 1. The number of nitrogens with one attached hydrogen (secondary N) is 1. The van der Waals surface area contributed by atoms with Gasteiger partial charge in [0.2, 0.25) is 0 Å². The number of carbonyl (C=O) groups is 3. The fraction of sp³-hybridized carbons (Fsp3) is 0.0800. The first kappa shape index (κ1) is 21.5. The van der Waals surface area contributed by atoms with Crippen molar-refractivity contribution in [1.29, 1.82) is 0 Å². The average Bonchev–Trinajstić information content (AvgIpc) is 2.77. The molecule has 0 saturated carbocycles. The van der Waals surface area contributed by atoms with Gasteiger partial charge in [0, 0.05) is 10.0 Å². The van der Waals surface area contributed by atoms with Crippen LogP contribution in [0.5, 0.6) is 5.75 Å². The highest BCUT2D eigenvalue weighted by molar-refractivity contribution is 9.10. The van der Waals surface area contributed by atoms with Gasteiger partial charge < -0.3 is 4.74 Å². The third-order valence-electron chi connectivity index (χ3n) is 4.87. The second-order valence-electron chi connectivity index (χ2n) is 7.25. The van der Waals surface area contributed by atoms with Gasteiger partial charge in [-0.25, -0.2) is 9.69 Å². The molecule has 0 unspecified atom stereocenters. The van der Waals surface area contributed by atoms with Gasteiger partial charge in [-0.2, -0.15) is 0 Å². The summed E-state index contributed by atoms with van der Waals surface area (Å²) in [7, 11) is 0. The predicted molar refractivity (Wildman–Crippen MR) is 125 cm³/mol. The van der Waals surface area contributed by atoms with Crippen molar-refractivity contribution >= 4 is 45.5 Å². The first-order valence-corrected chi connectivity index (χ1v) is 10.7. The number of rotatable bonds is 5. The van der Waals surface area contributed by atoms with Gasteiger partial charge in [0.1, 0.15) is 17.9 Å². The summed E-state index contributed by atoms with van der Waals surface area (Å²) in [4.78, 5) is 39.1. The van der Waals surface area contributed by atoms with Crippen LogP contribution in [-0.2, 0) is 16.2 Å². The molecule has 0 atom stereocenters. The van der Waals surface area contributed by atoms with E-state index in [9.17, 15) is 14.4 Å². The lowest BCUT2D eigenvalue weighted by molar-refractivity contribution is -0.122. The van der Waals surface area contributed by atoms with Crippen LogP contribution in [-0.4, -0.2) is 17.8 Å². The van der Waals surface area contributed by atoms with Gasteiger partial charge >= 0.3 is 6.03 Å². The molecule has 1 saturated heterocycles. The van der Waals surface area contributed by atoms with Gasteiger partial charge in [0.15, 0.2) is 0 Å². The molecule has 0 aliphatic carbocycles. The quantitative estimate of drug-likeness (QED) is 0.403. The van der Waals surface area contributed by atoms with Crippen LogP contribution in [0.15, 0.2) is 82.8 Å². The zero-order valence-corrected chi connectivity index (χ0v) is 18.8. The van der Waals surface area contributed by atoms with Crippen molar-refractivity contribution in [1.82, 2.24) is 5.32 Å². The summed E-state index contributed by atoms with van der Waals surface area (Å²) in [6.45, 7) is 2.18. The van der Waals surface area contributed by atoms with Gasteiger partial charge in [-0.05, 0) is 54.5 Å². The summed E-state index contributed by atoms with van der Waals surface area (Å²) in [5.74, 6) is -0.944. The van der Waals surface area contributed by atoms with Gasteiger partial charge in [0.25, 0.3) is 11.8 Å². The van der Waals surface area contributed by atoms with Crippen LogP contribution in [0.4, 0.5) is 10.5 Å². The zero-order chi connectivity index (χ0) is 22.7. The third-order valence-corrected chi connectivity index (χ3v) is 5.36. The van der Waals surface area contributed by atoms with E-state index in [1.54, 1.807) is 30.3 Å². The maximum absolute atomic E-state index is 13.2. The number of imide groups is 2. The second kappa shape index (κ2) is 9.20. The number of amides is 4. The minimum Gasteiger partial charge on any atom is -0.488 e. The number of nitrogens with zero attached hydrogens (tertiary/aromatic N) is 1. The number of carbonyl (C=O) groups excluding carboxylic acids is 3. The van der Waals surface area contributed by atoms with Crippen LogP contribution in [0.25, 0.3) is 6.08 Å². The lowest BCUT2D eigenvalue weighted by Gasteiger charge is -2.26. The number of hydrogen-bond donors (Lipinski definition) is 1. The van der Waals surface area contributed by atoms with Crippen molar-refractivity contribution in [3.05, 3.63) is 99.5 Å². The van der Waals surface area contributed by atoms with Crippen molar-refractivity contribution in [2.45, 2.75) is 13.5 Å². The van der Waals surface area contributed by atoms with Crippen molar-refractivity contribution in [3.63, 3.8) is 0 Å². The second-order valence-corrected chi connectivity index (χ2v) is 8.17. The molecule has 160 valence electrons. The van der Waals surface area contributed by atoms with E-state index in [1.807, 2.05) is 49.4 Å². The number of urea groups is 1. The Morgan fingerprint density at radius 1 is 0.969 bits per heavy atom. The molecular formula is C25H19BrN2O4. The molecule has 0 radical (unpaired) electrons. The van der Waals surface area contributed by atoms with Crippen LogP contribution < -0.4 is 15.0 Å². The highest BCUT2D eigenvalue weighted by Gasteiger charge is 2.37. The summed E-state index contributed by atoms with van der Waals surface area (Å²) < 4.78 is 6.71. The largest absolute Gasteiger partial charge is 0.488 e. The van der Waals surface area contributed by atoms with E-state index >= 15 is 0 Å². The van der Waals surface area contributed by atoms with Crippen molar-refractivity contribution in [3.8, 4) is 5.75 Å². The molecule has 7 heteroatoms. The first-order chi connectivity index (χ1) is 15.4. The monoisotopic (exact) mass is 490 g/mol. The third kappa shape index (κ3) is 4.63. The van der Waals surface area contributed by atoms with E-state index in [-0.39, 0.29) is 5.57 Å². The van der Waals surface area contributed by atoms with E-state index < -0.39 is 17.8 Å². The Morgan fingerprint density at radius 2 is 1.75 bits per heavy atom. The average molecular weight is 491 g/mol. The first-order valence-electron chi connectivity index (χ1n) is 9.87. The smallest absolute Gasteiger partial charge is 0.335 e. The molecule has 1 N–H and O–H groups in total. The highest BCUT2D eigenvalue weighted by Crippen LogP contribution is 2.29. The Hall–Kier alpha value is -3.71. The van der Waals surface area contributed by atoms with E-state index in [2.05, 4.69) is 21.2 Å². The number of halogens is 1. The Kier molecular flexibility index (Phi) is 6.18. The summed E-state index contributed by atoms with van der Waals surface area (Å²) in [6, 6.07) is 21.2. The zero-order valence-electron chi connectivity index (χ0n) is 17.2. The van der Waals surface area contributed by atoms with Crippen LogP contribution in [0.3, 0.4) is 0 Å². The highest BCUT2D eigenvalue weighted by atomic mass is 79.9. The summed E-state index contributed by atoms with van der Waals surface area (Å²) >= 11 is 3.42. The fourth-order valence-electron chi connectivity index (χ4n) is 3.31. The SMILES string of the molecule is Cc1cccc(N2C(=O)NC(=O)/C(=C\c3cc(Br)ccc3OCc3ccccc3)C2=O)c1. The van der Waals surface area contributed by atoms with Crippen LogP contribution >= 0.6 is 15.9 Å². The maximum atomic E-state index is 13.2. The van der Waals surface area contributed by atoms with E-state index in [4.69, 9.17) is 4.74 Å². The van der Waals surface area contributed by atoms with Crippen LogP contribution in [0.1, 0.15) is 16.7 Å². The molecule has 4 rings (SSSR count). The Balaban J connectivity index is 1.68. The molecule has 1 fully saturated rings. The van der Waals surface area contributed by atoms with Gasteiger partial charge in [-0.15, -0.1) is 0 Å². The standard InChI is InChI=1S/C25H19BrN2O4/c1-16-6-5-9-20(12-16)28-24(30)21(23(29)27-25(28)31)14-18-13-19(26)10-11-22(18)32-15-17-7-3-2-4-8-17/h2-14H,15H2,1H3,(H,27,29,31)/b21-14+. The van der Waals surface area contributed by atoms with Gasteiger partial charge in [0.05, 0.1) is 5.69 Å². The lowest BCUT2D eigenvalue weighted by atomic mass is 10.1. The molecule has 0 aromatic heterocycles. The minimum absolute atomic E-state index is 0.159. The Bertz CT molecular complexity index is 1240. The van der Waals surface area contributed by atoms with Gasteiger partial charge in [-0.1, -0.05) is 58.4 Å². The van der Waals surface area contributed by atoms with E-state index in [1.165, 1.54) is 6.08 Å². The number of hydrogen-bond acceptors (Lipinski definition) is 4. The Morgan fingerprint density at radius 3 is 2.50 bits per heavy atom. The number of anilines is 1. The van der Waals surface area contributed by atoms with E-state index in [0.717, 1.165) is 20.5 Å². The molecule has 1 aliphatic heterocycles. The molecule has 6 nitrogen and oxygen atoms in total. The lowest BCUT2D eigenvalue weighted by Crippen LogP contribution is -2.54. The molecule has 1 heterocycles.